The molecule has 1 aliphatic rings. The van der Waals surface area contributed by atoms with Gasteiger partial charge in [0.05, 0.1) is 12.4 Å². The van der Waals surface area contributed by atoms with Crippen LogP contribution >= 0.6 is 11.3 Å². The number of hydrogen-bond donors (Lipinski definition) is 1. The molecule has 1 N–H and O–H groups in total. The van der Waals surface area contributed by atoms with Gasteiger partial charge in [0.2, 0.25) is 10.0 Å². The molecule has 1 saturated heterocycles. The summed E-state index contributed by atoms with van der Waals surface area (Å²) >= 11 is 1.61. The van der Waals surface area contributed by atoms with Crippen molar-refractivity contribution in [2.24, 2.45) is 5.92 Å². The van der Waals surface area contributed by atoms with Crippen molar-refractivity contribution in [1.29, 1.82) is 0 Å². The van der Waals surface area contributed by atoms with E-state index < -0.39 is 16.1 Å². The van der Waals surface area contributed by atoms with Crippen molar-refractivity contribution in [2.75, 3.05) is 19.3 Å². The summed E-state index contributed by atoms with van der Waals surface area (Å²) in [4.78, 5) is 2.17. The van der Waals surface area contributed by atoms with E-state index in [0.29, 0.717) is 19.5 Å². The van der Waals surface area contributed by atoms with Gasteiger partial charge in [-0.25, -0.2) is 12.7 Å². The summed E-state index contributed by atoms with van der Waals surface area (Å²) < 4.78 is 24.6. The predicted octanol–water partition coefficient (Wildman–Crippen LogP) is 2.15. The van der Waals surface area contributed by atoms with E-state index in [4.69, 9.17) is 0 Å². The first-order valence-electron chi connectivity index (χ1n) is 6.56. The van der Waals surface area contributed by atoms with Gasteiger partial charge in [0.25, 0.3) is 0 Å². The Hall–Kier alpha value is -0.430. The molecular formula is C13H21NO3S2. The molecule has 1 aliphatic heterocycles. The third kappa shape index (κ3) is 4.02. The Labute approximate surface area is 119 Å². The number of sulfonamides is 1. The first kappa shape index (κ1) is 15.0. The second-order valence-electron chi connectivity index (χ2n) is 5.33. The van der Waals surface area contributed by atoms with Gasteiger partial charge in [-0.3, -0.25) is 0 Å². The number of aliphatic hydroxyl groups excluding tert-OH is 1. The molecule has 0 aliphatic carbocycles. The molecule has 0 bridgehead atoms. The minimum Gasteiger partial charge on any atom is -0.388 e. The van der Waals surface area contributed by atoms with Gasteiger partial charge in [0.15, 0.2) is 0 Å². The molecular weight excluding hydrogens is 282 g/mol. The molecule has 6 heteroatoms. The SMILES string of the molecule is Cc1ccc(C(O)CC2CCCN(S(C)(=O)=O)C2)s1. The lowest BCUT2D eigenvalue weighted by molar-refractivity contribution is 0.125. The van der Waals surface area contributed by atoms with E-state index in [9.17, 15) is 13.5 Å². The number of hydrogen-bond acceptors (Lipinski definition) is 4. The fourth-order valence-corrected chi connectivity index (χ4v) is 4.40. The molecule has 1 fully saturated rings. The van der Waals surface area contributed by atoms with Gasteiger partial charge < -0.3 is 5.11 Å². The van der Waals surface area contributed by atoms with Crippen LogP contribution < -0.4 is 0 Å². The maximum Gasteiger partial charge on any atom is 0.211 e. The van der Waals surface area contributed by atoms with Crippen LogP contribution in [0.15, 0.2) is 12.1 Å². The monoisotopic (exact) mass is 303 g/mol. The lowest BCUT2D eigenvalue weighted by atomic mass is 9.93. The minimum absolute atomic E-state index is 0.251. The Morgan fingerprint density at radius 3 is 2.84 bits per heavy atom. The van der Waals surface area contributed by atoms with Crippen LogP contribution in [0.3, 0.4) is 0 Å². The molecule has 2 atom stereocenters. The zero-order valence-corrected chi connectivity index (χ0v) is 13.0. The van der Waals surface area contributed by atoms with Crippen molar-refractivity contribution < 1.29 is 13.5 Å². The van der Waals surface area contributed by atoms with Gasteiger partial charge >= 0.3 is 0 Å². The second-order valence-corrected chi connectivity index (χ2v) is 8.63. The normalized spacial score (nSPS) is 23.4. The highest BCUT2D eigenvalue weighted by Crippen LogP contribution is 2.31. The highest BCUT2D eigenvalue weighted by molar-refractivity contribution is 7.88. The summed E-state index contributed by atoms with van der Waals surface area (Å²) in [5.41, 5.74) is 0. The number of aliphatic hydroxyl groups is 1. The molecule has 19 heavy (non-hydrogen) atoms. The largest absolute Gasteiger partial charge is 0.388 e. The third-order valence-electron chi connectivity index (χ3n) is 3.60. The second kappa shape index (κ2) is 5.91. The first-order chi connectivity index (χ1) is 8.86. The molecule has 0 saturated carbocycles. The van der Waals surface area contributed by atoms with Gasteiger partial charge in [-0.2, -0.15) is 0 Å². The number of thiophene rings is 1. The summed E-state index contributed by atoms with van der Waals surface area (Å²) in [5, 5.41) is 10.2. The molecule has 2 unspecified atom stereocenters. The van der Waals surface area contributed by atoms with E-state index in [-0.39, 0.29) is 5.92 Å². The van der Waals surface area contributed by atoms with Crippen LogP contribution in [0.25, 0.3) is 0 Å². The molecule has 4 nitrogen and oxygen atoms in total. The summed E-state index contributed by atoms with van der Waals surface area (Å²) in [5.74, 6) is 0.251. The summed E-state index contributed by atoms with van der Waals surface area (Å²) in [6.07, 6.45) is 3.31. The maximum atomic E-state index is 11.6. The lowest BCUT2D eigenvalue weighted by Gasteiger charge is -2.31. The fourth-order valence-electron chi connectivity index (χ4n) is 2.58. The number of piperidine rings is 1. The Bertz CT molecular complexity index is 524. The average Bonchev–Trinajstić information content (AvgIpc) is 2.75. The number of aryl methyl sites for hydroxylation is 1. The lowest BCUT2D eigenvalue weighted by Crippen LogP contribution is -2.39. The first-order valence-corrected chi connectivity index (χ1v) is 9.22. The highest BCUT2D eigenvalue weighted by atomic mass is 32.2. The van der Waals surface area contributed by atoms with Crippen molar-refractivity contribution in [3.8, 4) is 0 Å². The van der Waals surface area contributed by atoms with Gasteiger partial charge in [0, 0.05) is 22.8 Å². The van der Waals surface area contributed by atoms with Gasteiger partial charge in [-0.1, -0.05) is 0 Å². The van der Waals surface area contributed by atoms with Crippen molar-refractivity contribution in [1.82, 2.24) is 4.31 Å². The topological polar surface area (TPSA) is 57.6 Å². The Balaban J connectivity index is 1.95. The molecule has 2 heterocycles. The van der Waals surface area contributed by atoms with Crippen LogP contribution in [-0.2, 0) is 10.0 Å². The van der Waals surface area contributed by atoms with Crippen LogP contribution in [0.1, 0.15) is 35.1 Å². The van der Waals surface area contributed by atoms with E-state index in [0.717, 1.165) is 17.7 Å². The van der Waals surface area contributed by atoms with Crippen LogP contribution in [0.2, 0.25) is 0 Å². The zero-order chi connectivity index (χ0) is 14.0. The van der Waals surface area contributed by atoms with Crippen molar-refractivity contribution in [3.05, 3.63) is 21.9 Å². The van der Waals surface area contributed by atoms with E-state index in [1.165, 1.54) is 15.4 Å². The van der Waals surface area contributed by atoms with Crippen molar-refractivity contribution in [3.63, 3.8) is 0 Å². The minimum atomic E-state index is -3.10. The van der Waals surface area contributed by atoms with Crippen molar-refractivity contribution in [2.45, 2.75) is 32.3 Å². The average molecular weight is 303 g/mol. The van der Waals surface area contributed by atoms with E-state index >= 15 is 0 Å². The van der Waals surface area contributed by atoms with Gasteiger partial charge in [-0.15, -0.1) is 11.3 Å². The molecule has 0 aromatic carbocycles. The predicted molar refractivity (Wildman–Crippen MR) is 77.8 cm³/mol. The molecule has 0 spiro atoms. The molecule has 0 radical (unpaired) electrons. The maximum absolute atomic E-state index is 11.6. The van der Waals surface area contributed by atoms with Crippen LogP contribution in [0.4, 0.5) is 0 Å². The summed E-state index contributed by atoms with van der Waals surface area (Å²) in [6, 6.07) is 3.97. The molecule has 0 amide bonds. The zero-order valence-electron chi connectivity index (χ0n) is 11.4. The van der Waals surface area contributed by atoms with Crippen LogP contribution in [-0.4, -0.2) is 37.2 Å². The van der Waals surface area contributed by atoms with Crippen LogP contribution in [0, 0.1) is 12.8 Å². The summed E-state index contributed by atoms with van der Waals surface area (Å²) in [7, 11) is -3.10. The quantitative estimate of drug-likeness (QED) is 0.927. The van der Waals surface area contributed by atoms with Gasteiger partial charge in [0.1, 0.15) is 0 Å². The Kier molecular flexibility index (Phi) is 4.66. The molecule has 1 aromatic rings. The van der Waals surface area contributed by atoms with Crippen molar-refractivity contribution >= 4 is 21.4 Å². The molecule has 1 aromatic heterocycles. The van der Waals surface area contributed by atoms with E-state index in [1.54, 1.807) is 11.3 Å². The third-order valence-corrected chi connectivity index (χ3v) is 5.97. The highest BCUT2D eigenvalue weighted by Gasteiger charge is 2.27. The van der Waals surface area contributed by atoms with Crippen LogP contribution in [0.5, 0.6) is 0 Å². The Morgan fingerprint density at radius 1 is 1.53 bits per heavy atom. The smallest absolute Gasteiger partial charge is 0.211 e. The van der Waals surface area contributed by atoms with E-state index in [2.05, 4.69) is 0 Å². The van der Waals surface area contributed by atoms with Gasteiger partial charge in [-0.05, 0) is 44.2 Å². The molecule has 108 valence electrons. The molecule has 2 rings (SSSR count). The number of rotatable bonds is 4. The number of nitrogens with zero attached hydrogens (tertiary/aromatic N) is 1. The Morgan fingerprint density at radius 2 is 2.26 bits per heavy atom. The van der Waals surface area contributed by atoms with E-state index in [1.807, 2.05) is 19.1 Å². The fraction of sp³-hybridized carbons (Fsp3) is 0.692. The summed E-state index contributed by atoms with van der Waals surface area (Å²) in [6.45, 7) is 3.18. The standard InChI is InChI=1S/C13H21NO3S2/c1-10-5-6-13(18-10)12(15)8-11-4-3-7-14(9-11)19(2,16)17/h5-6,11-12,15H,3-4,7-9H2,1-2H3.